The Kier molecular flexibility index (Phi) is 11.1. The van der Waals surface area contributed by atoms with Crippen molar-refractivity contribution in [3.63, 3.8) is 0 Å². The van der Waals surface area contributed by atoms with Crippen LogP contribution in [0.4, 0.5) is 4.79 Å². The SMILES string of the molecule is CC(=O)O[C@H](C(=O)N[C@@H](C)C(=O)OCc1ccccc1)[C@H](Cc1ccccc1)NC(=O)OCc1ccccc1. The van der Waals surface area contributed by atoms with E-state index < -0.39 is 42.1 Å². The van der Waals surface area contributed by atoms with Gasteiger partial charge in [-0.25, -0.2) is 9.59 Å². The molecule has 0 aromatic heterocycles. The van der Waals surface area contributed by atoms with Crippen LogP contribution in [-0.2, 0) is 48.2 Å². The van der Waals surface area contributed by atoms with E-state index in [4.69, 9.17) is 14.2 Å². The van der Waals surface area contributed by atoms with Gasteiger partial charge in [0.25, 0.3) is 5.91 Å². The van der Waals surface area contributed by atoms with Crippen molar-refractivity contribution < 1.29 is 33.4 Å². The first kappa shape index (κ1) is 28.9. The molecule has 3 aromatic carbocycles. The van der Waals surface area contributed by atoms with Gasteiger partial charge in [0.05, 0.1) is 6.04 Å². The number of rotatable bonds is 12. The number of carbonyl (C=O) groups is 4. The molecule has 0 unspecified atom stereocenters. The highest BCUT2D eigenvalue weighted by Crippen LogP contribution is 2.12. The van der Waals surface area contributed by atoms with E-state index in [0.29, 0.717) is 0 Å². The Balaban J connectivity index is 1.70. The molecule has 0 heterocycles. The van der Waals surface area contributed by atoms with Crippen LogP contribution in [0.5, 0.6) is 0 Å². The molecule has 0 bridgehead atoms. The minimum absolute atomic E-state index is 0.0133. The molecule has 3 atom stereocenters. The molecule has 0 saturated carbocycles. The average molecular weight is 533 g/mol. The lowest BCUT2D eigenvalue weighted by Crippen LogP contribution is -2.55. The first-order chi connectivity index (χ1) is 18.8. The van der Waals surface area contributed by atoms with Crippen molar-refractivity contribution in [1.29, 1.82) is 0 Å². The minimum Gasteiger partial charge on any atom is -0.459 e. The number of nitrogens with one attached hydrogen (secondary N) is 2. The molecule has 0 aliphatic rings. The number of hydrogen-bond donors (Lipinski definition) is 2. The molecule has 3 rings (SSSR count). The van der Waals surface area contributed by atoms with Gasteiger partial charge in [-0.05, 0) is 30.0 Å². The highest BCUT2D eigenvalue weighted by molar-refractivity contribution is 5.89. The molecule has 0 radical (unpaired) electrons. The molecule has 0 aliphatic heterocycles. The quantitative estimate of drug-likeness (QED) is 0.270. The smallest absolute Gasteiger partial charge is 0.407 e. The second kappa shape index (κ2) is 14.9. The second-order valence-electron chi connectivity index (χ2n) is 8.86. The Morgan fingerprint density at radius 3 is 1.69 bits per heavy atom. The maximum absolute atomic E-state index is 13.3. The number of amides is 2. The summed E-state index contributed by atoms with van der Waals surface area (Å²) in [5, 5.41) is 5.19. The van der Waals surface area contributed by atoms with E-state index in [2.05, 4.69) is 10.6 Å². The standard InChI is InChI=1S/C30H32N2O7/c1-21(29(35)37-19-24-14-8-4-9-15-24)31-28(34)27(39-22(2)33)26(18-23-12-6-3-7-13-23)32-30(36)38-20-25-16-10-5-11-17-25/h3-17,21,26-27H,18-20H2,1-2H3,(H,31,34)(H,32,36)/t21-,26-,27-/m0/s1. The zero-order valence-electron chi connectivity index (χ0n) is 21.9. The molecule has 0 spiro atoms. The predicted molar refractivity (Wildman–Crippen MR) is 143 cm³/mol. The van der Waals surface area contributed by atoms with Crippen LogP contribution in [0.15, 0.2) is 91.0 Å². The van der Waals surface area contributed by atoms with Gasteiger partial charge in [0.15, 0.2) is 0 Å². The van der Waals surface area contributed by atoms with Crippen molar-refractivity contribution in [3.05, 3.63) is 108 Å². The fraction of sp³-hybridized carbons (Fsp3) is 0.267. The molecule has 3 aromatic rings. The molecule has 204 valence electrons. The van der Waals surface area contributed by atoms with Crippen LogP contribution >= 0.6 is 0 Å². The maximum Gasteiger partial charge on any atom is 0.407 e. The summed E-state index contributed by atoms with van der Waals surface area (Å²) in [4.78, 5) is 50.4. The summed E-state index contributed by atoms with van der Waals surface area (Å²) in [6, 6.07) is 25.3. The third kappa shape index (κ3) is 9.96. The molecule has 2 amide bonds. The van der Waals surface area contributed by atoms with Crippen molar-refractivity contribution >= 4 is 23.9 Å². The summed E-state index contributed by atoms with van der Waals surface area (Å²) in [7, 11) is 0. The van der Waals surface area contributed by atoms with Crippen LogP contribution in [-0.4, -0.2) is 42.1 Å². The summed E-state index contributed by atoms with van der Waals surface area (Å²) < 4.78 is 16.0. The predicted octanol–water partition coefficient (Wildman–Crippen LogP) is 3.70. The largest absolute Gasteiger partial charge is 0.459 e. The van der Waals surface area contributed by atoms with Gasteiger partial charge in [-0.15, -0.1) is 0 Å². The molecule has 9 heteroatoms. The van der Waals surface area contributed by atoms with E-state index in [1.807, 2.05) is 91.0 Å². The summed E-state index contributed by atoms with van der Waals surface area (Å²) in [6.07, 6.45) is -2.09. The van der Waals surface area contributed by atoms with E-state index >= 15 is 0 Å². The van der Waals surface area contributed by atoms with Gasteiger partial charge in [-0.2, -0.15) is 0 Å². The summed E-state index contributed by atoms with van der Waals surface area (Å²) >= 11 is 0. The van der Waals surface area contributed by atoms with Crippen LogP contribution in [0.2, 0.25) is 0 Å². The van der Waals surface area contributed by atoms with Gasteiger partial charge >= 0.3 is 18.0 Å². The highest BCUT2D eigenvalue weighted by Gasteiger charge is 2.35. The summed E-state index contributed by atoms with van der Waals surface area (Å²) in [5.74, 6) is -2.16. The van der Waals surface area contributed by atoms with E-state index in [0.717, 1.165) is 23.6 Å². The normalized spacial score (nSPS) is 12.8. The second-order valence-corrected chi connectivity index (χ2v) is 8.86. The van der Waals surface area contributed by atoms with Gasteiger partial charge in [-0.3, -0.25) is 9.59 Å². The van der Waals surface area contributed by atoms with Gasteiger partial charge in [0.1, 0.15) is 19.3 Å². The van der Waals surface area contributed by atoms with Crippen LogP contribution < -0.4 is 10.6 Å². The lowest BCUT2D eigenvalue weighted by atomic mass is 10.00. The number of hydrogen-bond acceptors (Lipinski definition) is 7. The zero-order chi connectivity index (χ0) is 28.0. The van der Waals surface area contributed by atoms with Crippen molar-refractivity contribution in [2.75, 3.05) is 0 Å². The van der Waals surface area contributed by atoms with Crippen LogP contribution in [0.25, 0.3) is 0 Å². The van der Waals surface area contributed by atoms with Crippen molar-refractivity contribution in [3.8, 4) is 0 Å². The lowest BCUT2D eigenvalue weighted by molar-refractivity contribution is -0.157. The molecule has 0 fully saturated rings. The van der Waals surface area contributed by atoms with E-state index in [1.54, 1.807) is 0 Å². The maximum atomic E-state index is 13.3. The van der Waals surface area contributed by atoms with Gasteiger partial charge in [0.2, 0.25) is 6.10 Å². The van der Waals surface area contributed by atoms with Gasteiger partial charge in [-0.1, -0.05) is 91.0 Å². The van der Waals surface area contributed by atoms with Crippen LogP contribution in [0.1, 0.15) is 30.5 Å². The van der Waals surface area contributed by atoms with Crippen LogP contribution in [0.3, 0.4) is 0 Å². The Morgan fingerprint density at radius 2 is 1.18 bits per heavy atom. The number of benzene rings is 3. The van der Waals surface area contributed by atoms with E-state index in [9.17, 15) is 19.2 Å². The van der Waals surface area contributed by atoms with Gasteiger partial charge in [0, 0.05) is 6.92 Å². The Morgan fingerprint density at radius 1 is 0.692 bits per heavy atom. The zero-order valence-corrected chi connectivity index (χ0v) is 21.9. The first-order valence-corrected chi connectivity index (χ1v) is 12.5. The van der Waals surface area contributed by atoms with E-state index in [1.165, 1.54) is 6.92 Å². The van der Waals surface area contributed by atoms with Crippen molar-refractivity contribution in [1.82, 2.24) is 10.6 Å². The molecule has 0 saturated heterocycles. The third-order valence-corrected chi connectivity index (χ3v) is 5.67. The number of alkyl carbamates (subject to hydrolysis) is 1. The first-order valence-electron chi connectivity index (χ1n) is 12.5. The molecule has 39 heavy (non-hydrogen) atoms. The lowest BCUT2D eigenvalue weighted by Gasteiger charge is -2.27. The highest BCUT2D eigenvalue weighted by atomic mass is 16.6. The fourth-order valence-corrected chi connectivity index (χ4v) is 3.72. The van der Waals surface area contributed by atoms with Crippen molar-refractivity contribution in [2.24, 2.45) is 0 Å². The fourth-order valence-electron chi connectivity index (χ4n) is 3.72. The molecule has 9 nitrogen and oxygen atoms in total. The minimum atomic E-state index is -1.45. The Hall–Kier alpha value is -4.66. The number of ether oxygens (including phenoxy) is 3. The van der Waals surface area contributed by atoms with Crippen LogP contribution in [0, 0.1) is 0 Å². The van der Waals surface area contributed by atoms with Gasteiger partial charge < -0.3 is 24.8 Å². The monoisotopic (exact) mass is 532 g/mol. The molecule has 0 aliphatic carbocycles. The van der Waals surface area contributed by atoms with E-state index in [-0.39, 0.29) is 19.6 Å². The topological polar surface area (TPSA) is 120 Å². The molecular formula is C30H32N2O7. The number of esters is 2. The average Bonchev–Trinajstić information content (AvgIpc) is 2.94. The molecule has 2 N–H and O–H groups in total. The number of carbonyl (C=O) groups excluding carboxylic acids is 4. The molecular weight excluding hydrogens is 500 g/mol. The van der Waals surface area contributed by atoms with Crippen molar-refractivity contribution in [2.45, 2.75) is 51.7 Å². The Bertz CT molecular complexity index is 1220. The summed E-state index contributed by atoms with van der Waals surface area (Å²) in [6.45, 7) is 2.67. The summed E-state index contributed by atoms with van der Waals surface area (Å²) in [5.41, 5.74) is 2.36. The third-order valence-electron chi connectivity index (χ3n) is 5.67. The Labute approximate surface area is 227 Å².